The van der Waals surface area contributed by atoms with Crippen molar-refractivity contribution in [2.24, 2.45) is 7.05 Å². The molecule has 0 aliphatic heterocycles. The van der Waals surface area contributed by atoms with E-state index in [0.29, 0.717) is 5.56 Å². The standard InChI is InChI=1S/C22H22F3N3O4S/c1-28-14-13-27-20(28)21(30,22(23,24)25)11-12-26-19(29)17-9-7-16(8-10-17)15-33(31,32)18-5-3-2-4-6-18/h2-10,13-14,30H,11-12,15H2,1H3,(H,26,29). The smallest absolute Gasteiger partial charge is 0.374 e. The summed E-state index contributed by atoms with van der Waals surface area (Å²) >= 11 is 0. The fourth-order valence-electron chi connectivity index (χ4n) is 3.29. The molecular formula is C22H22F3N3O4S. The van der Waals surface area contributed by atoms with Gasteiger partial charge in [0.2, 0.25) is 5.60 Å². The first-order valence-electron chi connectivity index (χ1n) is 9.86. The molecule has 0 saturated carbocycles. The summed E-state index contributed by atoms with van der Waals surface area (Å²) in [6.07, 6.45) is -3.41. The van der Waals surface area contributed by atoms with Crippen molar-refractivity contribution in [3.63, 3.8) is 0 Å². The van der Waals surface area contributed by atoms with Crippen molar-refractivity contribution in [3.05, 3.63) is 83.9 Å². The summed E-state index contributed by atoms with van der Waals surface area (Å²) in [6, 6.07) is 13.6. The SMILES string of the molecule is Cn1ccnc1C(O)(CCNC(=O)c1ccc(CS(=O)(=O)c2ccccc2)cc1)C(F)(F)F. The van der Waals surface area contributed by atoms with E-state index in [0.717, 1.165) is 10.8 Å². The second-order valence-corrected chi connectivity index (χ2v) is 9.48. The summed E-state index contributed by atoms with van der Waals surface area (Å²) in [5.74, 6) is -1.49. The maximum atomic E-state index is 13.5. The van der Waals surface area contributed by atoms with E-state index < -0.39 is 46.3 Å². The predicted molar refractivity (Wildman–Crippen MR) is 114 cm³/mol. The zero-order chi connectivity index (χ0) is 24.3. The van der Waals surface area contributed by atoms with E-state index in [1.165, 1.54) is 49.6 Å². The predicted octanol–water partition coefficient (Wildman–Crippen LogP) is 2.96. The molecule has 0 radical (unpaired) electrons. The zero-order valence-corrected chi connectivity index (χ0v) is 18.4. The molecular weight excluding hydrogens is 459 g/mol. The number of benzene rings is 2. The Kier molecular flexibility index (Phi) is 6.94. The molecule has 11 heteroatoms. The van der Waals surface area contributed by atoms with Gasteiger partial charge in [0.1, 0.15) is 5.82 Å². The first kappa shape index (κ1) is 24.5. The Bertz CT molecular complexity index is 1210. The molecule has 0 aliphatic rings. The normalized spacial score (nSPS) is 14.0. The lowest BCUT2D eigenvalue weighted by Gasteiger charge is -2.30. The van der Waals surface area contributed by atoms with Crippen molar-refractivity contribution in [1.82, 2.24) is 14.9 Å². The number of rotatable bonds is 8. The molecule has 2 N–H and O–H groups in total. The maximum absolute atomic E-state index is 13.5. The van der Waals surface area contributed by atoms with Gasteiger partial charge in [-0.05, 0) is 29.8 Å². The van der Waals surface area contributed by atoms with Crippen LogP contribution in [0.25, 0.3) is 0 Å². The topological polar surface area (TPSA) is 101 Å². The monoisotopic (exact) mass is 481 g/mol. The number of carbonyl (C=O) groups excluding carboxylic acids is 1. The number of imidazole rings is 1. The fraction of sp³-hybridized carbons (Fsp3) is 0.273. The Balaban J connectivity index is 1.63. The third-order valence-corrected chi connectivity index (χ3v) is 6.81. The van der Waals surface area contributed by atoms with Crippen molar-refractivity contribution in [2.75, 3.05) is 6.54 Å². The Morgan fingerprint density at radius 3 is 2.27 bits per heavy atom. The van der Waals surface area contributed by atoms with Crippen LogP contribution in [0.2, 0.25) is 0 Å². The van der Waals surface area contributed by atoms with E-state index in [2.05, 4.69) is 10.3 Å². The quantitative estimate of drug-likeness (QED) is 0.515. The minimum atomic E-state index is -5.00. The summed E-state index contributed by atoms with van der Waals surface area (Å²) in [6.45, 7) is -0.466. The molecule has 1 aromatic heterocycles. The average molecular weight is 481 g/mol. The van der Waals surface area contributed by atoms with Crippen LogP contribution in [0.15, 0.2) is 71.9 Å². The molecule has 0 fully saturated rings. The summed E-state index contributed by atoms with van der Waals surface area (Å²) in [4.78, 5) is 16.1. The van der Waals surface area contributed by atoms with Crippen molar-refractivity contribution < 1.29 is 31.5 Å². The van der Waals surface area contributed by atoms with Crippen molar-refractivity contribution in [2.45, 2.75) is 28.8 Å². The highest BCUT2D eigenvalue weighted by molar-refractivity contribution is 7.90. The molecule has 0 bridgehead atoms. The second-order valence-electron chi connectivity index (χ2n) is 7.49. The number of aliphatic hydroxyl groups is 1. The van der Waals surface area contributed by atoms with E-state index in [4.69, 9.17) is 0 Å². The van der Waals surface area contributed by atoms with Gasteiger partial charge in [-0.1, -0.05) is 30.3 Å². The Morgan fingerprint density at radius 1 is 1.09 bits per heavy atom. The van der Waals surface area contributed by atoms with Gasteiger partial charge in [-0.2, -0.15) is 13.2 Å². The molecule has 33 heavy (non-hydrogen) atoms. The number of amides is 1. The summed E-state index contributed by atoms with van der Waals surface area (Å²) < 4.78 is 66.6. The molecule has 7 nitrogen and oxygen atoms in total. The zero-order valence-electron chi connectivity index (χ0n) is 17.6. The molecule has 3 aromatic rings. The minimum absolute atomic E-state index is 0.142. The first-order chi connectivity index (χ1) is 15.4. The molecule has 0 aliphatic carbocycles. The first-order valence-corrected chi connectivity index (χ1v) is 11.5. The molecule has 1 unspecified atom stereocenters. The van der Waals surface area contributed by atoms with Crippen LogP contribution in [0.3, 0.4) is 0 Å². The summed E-state index contributed by atoms with van der Waals surface area (Å²) in [7, 11) is -2.23. The van der Waals surface area contributed by atoms with Crippen LogP contribution >= 0.6 is 0 Å². The van der Waals surface area contributed by atoms with Crippen molar-refractivity contribution >= 4 is 15.7 Å². The van der Waals surface area contributed by atoms with E-state index in [1.807, 2.05) is 0 Å². The van der Waals surface area contributed by atoms with Crippen LogP contribution in [-0.4, -0.2) is 41.7 Å². The highest BCUT2D eigenvalue weighted by atomic mass is 32.2. The Labute approximate surface area is 188 Å². The Hall–Kier alpha value is -3.18. The van der Waals surface area contributed by atoms with E-state index in [1.54, 1.807) is 18.2 Å². The molecule has 1 heterocycles. The number of alkyl halides is 3. The number of halogens is 3. The van der Waals surface area contributed by atoms with Gasteiger partial charge in [-0.25, -0.2) is 13.4 Å². The van der Waals surface area contributed by atoms with Gasteiger partial charge in [-0.15, -0.1) is 0 Å². The minimum Gasteiger partial charge on any atom is -0.374 e. The number of nitrogens with one attached hydrogen (secondary N) is 1. The number of nitrogens with zero attached hydrogens (tertiary/aromatic N) is 2. The van der Waals surface area contributed by atoms with Gasteiger partial charge in [0.05, 0.1) is 10.6 Å². The van der Waals surface area contributed by atoms with Crippen LogP contribution in [0.4, 0.5) is 13.2 Å². The Morgan fingerprint density at radius 2 is 1.73 bits per heavy atom. The maximum Gasteiger partial charge on any atom is 0.424 e. The molecule has 0 spiro atoms. The van der Waals surface area contributed by atoms with Crippen molar-refractivity contribution in [1.29, 1.82) is 0 Å². The van der Waals surface area contributed by atoms with Crippen LogP contribution in [-0.2, 0) is 28.2 Å². The van der Waals surface area contributed by atoms with E-state index in [-0.39, 0.29) is 16.2 Å². The highest BCUT2D eigenvalue weighted by Crippen LogP contribution is 2.40. The van der Waals surface area contributed by atoms with Crippen LogP contribution in [0.1, 0.15) is 28.2 Å². The molecule has 1 amide bonds. The van der Waals surface area contributed by atoms with Crippen LogP contribution < -0.4 is 5.32 Å². The molecule has 1 atom stereocenters. The van der Waals surface area contributed by atoms with Crippen molar-refractivity contribution in [3.8, 4) is 0 Å². The van der Waals surface area contributed by atoms with Gasteiger partial charge < -0.3 is 15.0 Å². The number of hydrogen-bond donors (Lipinski definition) is 2. The lowest BCUT2D eigenvalue weighted by atomic mass is 9.97. The third kappa shape index (κ3) is 5.42. The molecule has 2 aromatic carbocycles. The van der Waals surface area contributed by atoms with Crippen LogP contribution in [0.5, 0.6) is 0 Å². The largest absolute Gasteiger partial charge is 0.424 e. The van der Waals surface area contributed by atoms with Gasteiger partial charge in [-0.3, -0.25) is 4.79 Å². The molecule has 176 valence electrons. The highest BCUT2D eigenvalue weighted by Gasteiger charge is 2.57. The third-order valence-electron chi connectivity index (χ3n) is 5.11. The van der Waals surface area contributed by atoms with E-state index >= 15 is 0 Å². The fourth-order valence-corrected chi connectivity index (χ4v) is 4.66. The van der Waals surface area contributed by atoms with Crippen LogP contribution in [0, 0.1) is 0 Å². The number of hydrogen-bond acceptors (Lipinski definition) is 5. The van der Waals surface area contributed by atoms with E-state index in [9.17, 15) is 31.5 Å². The molecule has 3 rings (SSSR count). The number of aryl methyl sites for hydroxylation is 1. The number of aromatic nitrogens is 2. The number of sulfone groups is 1. The van der Waals surface area contributed by atoms with Gasteiger partial charge in [0.15, 0.2) is 9.84 Å². The van der Waals surface area contributed by atoms with Gasteiger partial charge in [0, 0.05) is 38.0 Å². The van der Waals surface area contributed by atoms with Gasteiger partial charge in [0.25, 0.3) is 5.91 Å². The lowest BCUT2D eigenvalue weighted by Crippen LogP contribution is -2.46. The lowest BCUT2D eigenvalue weighted by molar-refractivity contribution is -0.272. The summed E-state index contributed by atoms with van der Waals surface area (Å²) in [5, 5.41) is 12.6. The molecule has 0 saturated heterocycles. The average Bonchev–Trinajstić information content (AvgIpc) is 3.20. The second kappa shape index (κ2) is 9.36. The summed E-state index contributed by atoms with van der Waals surface area (Å²) in [5.41, 5.74) is -2.63. The van der Waals surface area contributed by atoms with Gasteiger partial charge >= 0.3 is 6.18 Å². The number of carbonyl (C=O) groups is 1.